The number of carboxylic acid groups (broad SMARTS) is 1. The third-order valence-electron chi connectivity index (χ3n) is 6.46. The van der Waals surface area contributed by atoms with Crippen LogP contribution in [0.15, 0.2) is 48.5 Å². The zero-order chi connectivity index (χ0) is 25.2. The molecule has 0 heterocycles. The smallest absolute Gasteiger partial charge is 0.407 e. The normalized spacial score (nSPS) is 19.1. The lowest BCUT2D eigenvalue weighted by Crippen LogP contribution is -2.44. The van der Waals surface area contributed by atoms with Gasteiger partial charge in [-0.05, 0) is 41.5 Å². The SMILES string of the molecule is O=C(O)CN(CC(F)(F)F)C(=O)C1CCC(NC(=O)OCC2c3ccccc3-c3ccccc32)C1. The van der Waals surface area contributed by atoms with E-state index in [0.717, 1.165) is 22.3 Å². The van der Waals surface area contributed by atoms with E-state index in [1.54, 1.807) is 0 Å². The Kier molecular flexibility index (Phi) is 7.00. The number of amides is 2. The first-order valence-corrected chi connectivity index (χ1v) is 11.3. The standard InChI is InChI=1S/C25H25F3N2O5/c26-25(27,28)14-30(12-22(31)32)23(33)15-9-10-16(11-15)29-24(34)35-13-21-19-7-3-1-5-17(19)18-6-2-4-8-20(18)21/h1-8,15-16,21H,9-14H2,(H,29,34)(H,31,32). The summed E-state index contributed by atoms with van der Waals surface area (Å²) >= 11 is 0. The third-order valence-corrected chi connectivity index (χ3v) is 6.46. The highest BCUT2D eigenvalue weighted by atomic mass is 19.4. The molecule has 0 aliphatic heterocycles. The second-order valence-electron chi connectivity index (χ2n) is 8.88. The van der Waals surface area contributed by atoms with E-state index >= 15 is 0 Å². The summed E-state index contributed by atoms with van der Waals surface area (Å²) in [5.74, 6) is -3.30. The molecule has 0 saturated heterocycles. The van der Waals surface area contributed by atoms with Crippen molar-refractivity contribution in [2.45, 2.75) is 37.4 Å². The number of halogens is 3. The molecule has 0 radical (unpaired) electrons. The average molecular weight is 490 g/mol. The molecule has 186 valence electrons. The fourth-order valence-electron chi connectivity index (χ4n) is 4.99. The van der Waals surface area contributed by atoms with E-state index in [1.807, 2.05) is 48.5 Å². The van der Waals surface area contributed by atoms with E-state index in [4.69, 9.17) is 9.84 Å². The topological polar surface area (TPSA) is 95.9 Å². The molecular weight excluding hydrogens is 465 g/mol. The molecule has 0 spiro atoms. The lowest BCUT2D eigenvalue weighted by Gasteiger charge is -2.25. The van der Waals surface area contributed by atoms with Crippen molar-refractivity contribution >= 4 is 18.0 Å². The summed E-state index contributed by atoms with van der Waals surface area (Å²) in [5.41, 5.74) is 4.32. The number of ether oxygens (including phenoxy) is 1. The van der Waals surface area contributed by atoms with Crippen molar-refractivity contribution in [3.05, 3.63) is 59.7 Å². The number of rotatable bonds is 7. The summed E-state index contributed by atoms with van der Waals surface area (Å²) in [6.07, 6.45) is -4.61. The summed E-state index contributed by atoms with van der Waals surface area (Å²) in [6.45, 7) is -2.54. The number of alkyl halides is 3. The number of carbonyl (C=O) groups excluding carboxylic acids is 2. The summed E-state index contributed by atoms with van der Waals surface area (Å²) in [6, 6.07) is 15.4. The van der Waals surface area contributed by atoms with Gasteiger partial charge in [-0.3, -0.25) is 9.59 Å². The highest BCUT2D eigenvalue weighted by Crippen LogP contribution is 2.44. The quantitative estimate of drug-likeness (QED) is 0.608. The van der Waals surface area contributed by atoms with Crippen molar-refractivity contribution in [2.24, 2.45) is 5.92 Å². The molecule has 2 unspecified atom stereocenters. The first-order chi connectivity index (χ1) is 16.6. The Morgan fingerprint density at radius 3 is 2.17 bits per heavy atom. The van der Waals surface area contributed by atoms with Gasteiger partial charge in [0.2, 0.25) is 5.91 Å². The Morgan fingerprint density at radius 1 is 1.00 bits per heavy atom. The summed E-state index contributed by atoms with van der Waals surface area (Å²) < 4.78 is 43.9. The minimum absolute atomic E-state index is 0.113. The molecule has 1 fully saturated rings. The van der Waals surface area contributed by atoms with Crippen LogP contribution in [0.1, 0.15) is 36.3 Å². The molecular formula is C25H25F3N2O5. The number of hydrogen-bond donors (Lipinski definition) is 2. The maximum Gasteiger partial charge on any atom is 0.407 e. The number of carbonyl (C=O) groups is 3. The highest BCUT2D eigenvalue weighted by Gasteiger charge is 2.39. The minimum atomic E-state index is -4.71. The van der Waals surface area contributed by atoms with Gasteiger partial charge in [-0.2, -0.15) is 13.2 Å². The largest absolute Gasteiger partial charge is 0.480 e. The van der Waals surface area contributed by atoms with Gasteiger partial charge in [-0.25, -0.2) is 4.79 Å². The van der Waals surface area contributed by atoms with Crippen molar-refractivity contribution < 1.29 is 37.4 Å². The van der Waals surface area contributed by atoms with Gasteiger partial charge in [0.1, 0.15) is 19.7 Å². The van der Waals surface area contributed by atoms with Crippen LogP contribution in [0, 0.1) is 5.92 Å². The van der Waals surface area contributed by atoms with Crippen LogP contribution in [0.25, 0.3) is 11.1 Å². The first-order valence-electron chi connectivity index (χ1n) is 11.3. The number of nitrogens with zero attached hydrogens (tertiary/aromatic N) is 1. The van der Waals surface area contributed by atoms with E-state index in [9.17, 15) is 27.6 Å². The molecule has 0 bridgehead atoms. The Morgan fingerprint density at radius 2 is 1.60 bits per heavy atom. The number of nitrogens with one attached hydrogen (secondary N) is 1. The predicted octanol–water partition coefficient (Wildman–Crippen LogP) is 4.17. The second-order valence-corrected chi connectivity index (χ2v) is 8.88. The Balaban J connectivity index is 1.32. The number of benzene rings is 2. The van der Waals surface area contributed by atoms with Gasteiger partial charge >= 0.3 is 18.2 Å². The van der Waals surface area contributed by atoms with Crippen LogP contribution in [-0.2, 0) is 14.3 Å². The molecule has 35 heavy (non-hydrogen) atoms. The molecule has 2 aliphatic carbocycles. The zero-order valence-electron chi connectivity index (χ0n) is 18.8. The number of fused-ring (bicyclic) bond motifs is 3. The summed E-state index contributed by atoms with van der Waals surface area (Å²) in [7, 11) is 0. The molecule has 2 aromatic carbocycles. The van der Waals surface area contributed by atoms with Crippen molar-refractivity contribution in [1.29, 1.82) is 0 Å². The molecule has 2 amide bonds. The maximum atomic E-state index is 12.8. The van der Waals surface area contributed by atoms with E-state index in [1.165, 1.54) is 0 Å². The van der Waals surface area contributed by atoms with Gasteiger partial charge in [0.25, 0.3) is 0 Å². The minimum Gasteiger partial charge on any atom is -0.480 e. The van der Waals surface area contributed by atoms with Gasteiger partial charge in [0.05, 0.1) is 0 Å². The fraction of sp³-hybridized carbons (Fsp3) is 0.400. The number of hydrogen-bond acceptors (Lipinski definition) is 4. The lowest BCUT2D eigenvalue weighted by atomic mass is 9.98. The zero-order valence-corrected chi connectivity index (χ0v) is 18.8. The van der Waals surface area contributed by atoms with Gasteiger partial charge in [0, 0.05) is 17.9 Å². The molecule has 0 aromatic heterocycles. The number of aliphatic carboxylic acids is 1. The second kappa shape index (κ2) is 9.97. The van der Waals surface area contributed by atoms with Crippen LogP contribution in [0.3, 0.4) is 0 Å². The van der Waals surface area contributed by atoms with Gasteiger partial charge in [-0.1, -0.05) is 48.5 Å². The predicted molar refractivity (Wildman–Crippen MR) is 120 cm³/mol. The summed E-state index contributed by atoms with van der Waals surface area (Å²) in [5, 5.41) is 11.6. The fourth-order valence-corrected chi connectivity index (χ4v) is 4.99. The molecule has 2 aromatic rings. The van der Waals surface area contributed by atoms with Crippen LogP contribution >= 0.6 is 0 Å². The maximum absolute atomic E-state index is 12.8. The Labute approximate surface area is 199 Å². The average Bonchev–Trinajstić information content (AvgIpc) is 3.38. The molecule has 2 atom stereocenters. The Bertz CT molecular complexity index is 1070. The highest BCUT2D eigenvalue weighted by molar-refractivity contribution is 5.83. The van der Waals surface area contributed by atoms with Crippen LogP contribution in [0.4, 0.5) is 18.0 Å². The molecule has 7 nitrogen and oxygen atoms in total. The molecule has 4 rings (SSSR count). The van der Waals surface area contributed by atoms with Gasteiger partial charge in [0.15, 0.2) is 0 Å². The Hall–Kier alpha value is -3.56. The monoisotopic (exact) mass is 490 g/mol. The van der Waals surface area contributed by atoms with Crippen LogP contribution in [-0.4, -0.2) is 59.9 Å². The van der Waals surface area contributed by atoms with Gasteiger partial charge in [-0.15, -0.1) is 0 Å². The van der Waals surface area contributed by atoms with Crippen LogP contribution in [0.2, 0.25) is 0 Å². The van der Waals surface area contributed by atoms with E-state index in [0.29, 0.717) is 11.3 Å². The van der Waals surface area contributed by atoms with Crippen molar-refractivity contribution in [2.75, 3.05) is 19.7 Å². The summed E-state index contributed by atoms with van der Waals surface area (Å²) in [4.78, 5) is 36.2. The van der Waals surface area contributed by atoms with E-state index in [2.05, 4.69) is 5.32 Å². The third kappa shape index (κ3) is 5.75. The number of carboxylic acids is 1. The molecule has 1 saturated carbocycles. The molecule has 2 aliphatic rings. The first kappa shape index (κ1) is 24.6. The van der Waals surface area contributed by atoms with Crippen LogP contribution < -0.4 is 5.32 Å². The molecule has 10 heteroatoms. The molecule has 2 N–H and O–H groups in total. The van der Waals surface area contributed by atoms with Crippen molar-refractivity contribution in [3.63, 3.8) is 0 Å². The lowest BCUT2D eigenvalue weighted by molar-refractivity contribution is -0.167. The van der Waals surface area contributed by atoms with Crippen LogP contribution in [0.5, 0.6) is 0 Å². The van der Waals surface area contributed by atoms with E-state index in [-0.39, 0.29) is 25.4 Å². The van der Waals surface area contributed by atoms with Crippen molar-refractivity contribution in [3.8, 4) is 11.1 Å². The van der Waals surface area contributed by atoms with Gasteiger partial charge < -0.3 is 20.1 Å². The van der Waals surface area contributed by atoms with E-state index < -0.39 is 49.2 Å². The number of alkyl carbamates (subject to hydrolysis) is 1. The van der Waals surface area contributed by atoms with Crippen molar-refractivity contribution in [1.82, 2.24) is 10.2 Å².